The van der Waals surface area contributed by atoms with Crippen LogP contribution >= 0.6 is 11.8 Å². The fourth-order valence-corrected chi connectivity index (χ4v) is 3.69. The largest absolute Gasteiger partial charge is 0.383 e. The molecule has 0 fully saturated rings. The van der Waals surface area contributed by atoms with Crippen LogP contribution in [0.5, 0.6) is 0 Å². The van der Waals surface area contributed by atoms with Crippen molar-refractivity contribution in [1.82, 2.24) is 15.0 Å². The molecular weight excluding hydrogens is 294 g/mol. The van der Waals surface area contributed by atoms with Crippen molar-refractivity contribution in [2.75, 3.05) is 5.73 Å². The van der Waals surface area contributed by atoms with Crippen molar-refractivity contribution >= 4 is 17.6 Å². The van der Waals surface area contributed by atoms with Crippen LogP contribution in [0.4, 0.5) is 5.82 Å². The lowest BCUT2D eigenvalue weighted by Crippen LogP contribution is -2.05. The molecule has 0 saturated carbocycles. The van der Waals surface area contributed by atoms with Gasteiger partial charge in [-0.25, -0.2) is 15.0 Å². The first-order valence-corrected chi connectivity index (χ1v) is 8.24. The van der Waals surface area contributed by atoms with E-state index in [1.165, 1.54) is 0 Å². The molecule has 0 spiro atoms. The minimum atomic E-state index is 0.272. The Kier molecular flexibility index (Phi) is 3.75. The molecule has 1 aliphatic heterocycles. The number of hydrogen-bond donors (Lipinski definition) is 1. The molecule has 2 aromatic rings. The average Bonchev–Trinajstić information content (AvgIpc) is 2.87. The second-order valence-electron chi connectivity index (χ2n) is 5.66. The summed E-state index contributed by atoms with van der Waals surface area (Å²) in [6.45, 7) is 6.21. The topological polar surface area (TPSA) is 88.5 Å². The first-order valence-electron chi connectivity index (χ1n) is 7.19. The predicted octanol–water partition coefficient (Wildman–Crippen LogP) is 3.42. The van der Waals surface area contributed by atoms with E-state index in [9.17, 15) is 5.26 Å². The van der Waals surface area contributed by atoms with E-state index in [-0.39, 0.29) is 5.92 Å². The fraction of sp³-hybridized carbons (Fsp3) is 0.375. The van der Waals surface area contributed by atoms with Crippen LogP contribution < -0.4 is 5.73 Å². The van der Waals surface area contributed by atoms with Gasteiger partial charge in [0.25, 0.3) is 0 Å². The summed E-state index contributed by atoms with van der Waals surface area (Å²) in [7, 11) is 0. The van der Waals surface area contributed by atoms with Crippen LogP contribution in [0.1, 0.15) is 54.6 Å². The van der Waals surface area contributed by atoms with Crippen molar-refractivity contribution in [3.8, 4) is 17.2 Å². The number of nitrogen functional groups attached to an aromatic ring is 1. The van der Waals surface area contributed by atoms with Gasteiger partial charge in [-0.2, -0.15) is 5.26 Å². The second-order valence-corrected chi connectivity index (χ2v) is 6.99. The Balaban J connectivity index is 2.22. The predicted molar refractivity (Wildman–Crippen MR) is 88.2 cm³/mol. The maximum Gasteiger partial charge on any atom is 0.142 e. The van der Waals surface area contributed by atoms with Crippen LogP contribution in [0.25, 0.3) is 11.1 Å². The van der Waals surface area contributed by atoms with Crippen LogP contribution in [0, 0.1) is 11.3 Å². The third-order valence-corrected chi connectivity index (χ3v) is 4.99. The molecule has 0 amide bonds. The minimum absolute atomic E-state index is 0.272. The average molecular weight is 311 g/mol. The summed E-state index contributed by atoms with van der Waals surface area (Å²) in [6.07, 6.45) is 3.57. The molecule has 0 bridgehead atoms. The maximum absolute atomic E-state index is 9.48. The van der Waals surface area contributed by atoms with E-state index in [4.69, 9.17) is 5.73 Å². The van der Waals surface area contributed by atoms with Crippen molar-refractivity contribution in [1.29, 1.82) is 5.26 Å². The Hall–Kier alpha value is -2.13. The van der Waals surface area contributed by atoms with Crippen molar-refractivity contribution in [3.05, 3.63) is 35.0 Å². The number of pyridine rings is 1. The van der Waals surface area contributed by atoms with Gasteiger partial charge >= 0.3 is 0 Å². The first kappa shape index (κ1) is 14.8. The van der Waals surface area contributed by atoms with Gasteiger partial charge < -0.3 is 5.73 Å². The highest BCUT2D eigenvalue weighted by Crippen LogP contribution is 2.46. The molecule has 2 aromatic heterocycles. The Bertz CT molecular complexity index is 762. The molecule has 0 aromatic carbocycles. The van der Waals surface area contributed by atoms with Gasteiger partial charge in [0.2, 0.25) is 0 Å². The Labute approximate surface area is 134 Å². The van der Waals surface area contributed by atoms with Crippen molar-refractivity contribution in [3.63, 3.8) is 0 Å². The lowest BCUT2D eigenvalue weighted by Gasteiger charge is -2.13. The molecular formula is C16H17N5S. The van der Waals surface area contributed by atoms with E-state index in [1.807, 2.05) is 0 Å². The Morgan fingerprint density at radius 3 is 2.64 bits per heavy atom. The number of hydrogen-bond acceptors (Lipinski definition) is 6. The quantitative estimate of drug-likeness (QED) is 0.914. The molecule has 2 N–H and O–H groups in total. The monoisotopic (exact) mass is 311 g/mol. The summed E-state index contributed by atoms with van der Waals surface area (Å²) in [6, 6.07) is 2.19. The second kappa shape index (κ2) is 5.58. The maximum atomic E-state index is 9.48. The SMILES string of the molecule is CC(C)c1ncc(-c2c(C#N)c(N)nc3c2CS[C@@H]3C)cn1. The first-order chi connectivity index (χ1) is 10.5. The lowest BCUT2D eigenvalue weighted by molar-refractivity contribution is 0.774. The number of nitriles is 1. The smallest absolute Gasteiger partial charge is 0.142 e. The highest BCUT2D eigenvalue weighted by Gasteiger charge is 2.28. The molecule has 3 heterocycles. The van der Waals surface area contributed by atoms with E-state index in [0.717, 1.165) is 34.0 Å². The molecule has 22 heavy (non-hydrogen) atoms. The number of fused-ring (bicyclic) bond motifs is 1. The lowest BCUT2D eigenvalue weighted by atomic mass is 9.96. The van der Waals surface area contributed by atoms with Crippen LogP contribution in [0.15, 0.2) is 12.4 Å². The molecule has 112 valence electrons. The van der Waals surface area contributed by atoms with Crippen LogP contribution in [0.3, 0.4) is 0 Å². The highest BCUT2D eigenvalue weighted by molar-refractivity contribution is 7.99. The van der Waals surface area contributed by atoms with Gasteiger partial charge in [0.15, 0.2) is 0 Å². The molecule has 1 aliphatic rings. The van der Waals surface area contributed by atoms with Gasteiger partial charge in [-0.15, -0.1) is 11.8 Å². The van der Waals surface area contributed by atoms with Crippen molar-refractivity contribution in [2.45, 2.75) is 37.7 Å². The van der Waals surface area contributed by atoms with E-state index >= 15 is 0 Å². The molecule has 0 saturated heterocycles. The van der Waals surface area contributed by atoms with E-state index < -0.39 is 0 Å². The molecule has 0 radical (unpaired) electrons. The summed E-state index contributed by atoms with van der Waals surface area (Å²) in [5.74, 6) is 2.19. The van der Waals surface area contributed by atoms with Gasteiger partial charge in [0, 0.05) is 40.4 Å². The van der Waals surface area contributed by atoms with Crippen molar-refractivity contribution < 1.29 is 0 Å². The number of nitrogens with two attached hydrogens (primary N) is 1. The summed E-state index contributed by atoms with van der Waals surface area (Å²) in [5.41, 5.74) is 10.2. The van der Waals surface area contributed by atoms with Gasteiger partial charge in [-0.3, -0.25) is 0 Å². The van der Waals surface area contributed by atoms with Crippen LogP contribution in [0.2, 0.25) is 0 Å². The molecule has 3 rings (SSSR count). The zero-order valence-corrected chi connectivity index (χ0v) is 13.6. The number of nitrogens with zero attached hydrogens (tertiary/aromatic N) is 4. The van der Waals surface area contributed by atoms with Gasteiger partial charge in [0.1, 0.15) is 23.3 Å². The zero-order valence-electron chi connectivity index (χ0n) is 12.8. The molecule has 0 aliphatic carbocycles. The summed E-state index contributed by atoms with van der Waals surface area (Å²) < 4.78 is 0. The number of anilines is 1. The fourth-order valence-electron chi connectivity index (χ4n) is 2.63. The Morgan fingerprint density at radius 2 is 2.05 bits per heavy atom. The highest BCUT2D eigenvalue weighted by atomic mass is 32.2. The third-order valence-electron chi connectivity index (χ3n) is 3.81. The normalized spacial score (nSPS) is 16.6. The zero-order chi connectivity index (χ0) is 15.9. The van der Waals surface area contributed by atoms with Crippen LogP contribution in [-0.4, -0.2) is 15.0 Å². The van der Waals surface area contributed by atoms with Gasteiger partial charge in [-0.1, -0.05) is 13.8 Å². The molecule has 6 heteroatoms. The van der Waals surface area contributed by atoms with E-state index in [0.29, 0.717) is 16.6 Å². The minimum Gasteiger partial charge on any atom is -0.383 e. The summed E-state index contributed by atoms with van der Waals surface area (Å²) in [5, 5.41) is 9.77. The third kappa shape index (κ3) is 2.32. The van der Waals surface area contributed by atoms with E-state index in [1.54, 1.807) is 24.2 Å². The van der Waals surface area contributed by atoms with Gasteiger partial charge in [-0.05, 0) is 12.5 Å². The summed E-state index contributed by atoms with van der Waals surface area (Å²) >= 11 is 1.80. The standard InChI is InChI=1S/C16H17N5S/c1-8(2)16-19-5-10(6-20-16)13-11(4-17)15(18)21-14-9(3)22-7-12(13)14/h5-6,8-9H,7H2,1-3H3,(H2,18,21)/t9-/m1/s1. The number of thioether (sulfide) groups is 1. The van der Waals surface area contributed by atoms with Crippen molar-refractivity contribution in [2.24, 2.45) is 0 Å². The number of aromatic nitrogens is 3. The molecule has 5 nitrogen and oxygen atoms in total. The Morgan fingerprint density at radius 1 is 1.36 bits per heavy atom. The molecule has 0 unspecified atom stereocenters. The van der Waals surface area contributed by atoms with E-state index in [2.05, 4.69) is 41.8 Å². The summed E-state index contributed by atoms with van der Waals surface area (Å²) in [4.78, 5) is 13.3. The molecule has 1 atom stereocenters. The number of rotatable bonds is 2. The van der Waals surface area contributed by atoms with Gasteiger partial charge in [0.05, 0.1) is 5.69 Å². The van der Waals surface area contributed by atoms with Crippen LogP contribution in [-0.2, 0) is 5.75 Å².